The van der Waals surface area contributed by atoms with E-state index >= 15 is 0 Å². The quantitative estimate of drug-likeness (QED) is 0.660. The van der Waals surface area contributed by atoms with Gasteiger partial charge in [-0.2, -0.15) is 0 Å². The predicted molar refractivity (Wildman–Crippen MR) is 59.0 cm³/mol. The molecule has 3 aliphatic rings. The number of rotatable bonds is 1. The number of hydrogen-bond acceptors (Lipinski definition) is 4. The van der Waals surface area contributed by atoms with Gasteiger partial charge in [0, 0.05) is 25.6 Å². The average molecular weight is 225 g/mol. The van der Waals surface area contributed by atoms with E-state index in [4.69, 9.17) is 9.47 Å². The van der Waals surface area contributed by atoms with Crippen molar-refractivity contribution < 1.29 is 14.6 Å². The van der Waals surface area contributed by atoms with Gasteiger partial charge < -0.3 is 14.6 Å². The van der Waals surface area contributed by atoms with E-state index in [0.717, 1.165) is 32.4 Å². The highest BCUT2D eigenvalue weighted by Gasteiger charge is 2.50. The molecule has 2 fully saturated rings. The molecule has 2 atom stereocenters. The molecule has 1 saturated heterocycles. The van der Waals surface area contributed by atoms with E-state index in [1.54, 1.807) is 0 Å². The smallest absolute Gasteiger partial charge is 0.196 e. The SMILES string of the molecule is O[C@@H]1[C@@H](N2CC=CC2)CCCC12OCCO2. The standard InChI is InChI=1S/C12H19NO3/c14-11-10(13-6-1-2-7-13)4-3-5-12(11)15-8-9-16-12/h1-2,10-11,14H,3-9H2/t10-,11+/m0/s1. The van der Waals surface area contributed by atoms with Crippen LogP contribution in [-0.2, 0) is 9.47 Å². The van der Waals surface area contributed by atoms with Crippen LogP contribution < -0.4 is 0 Å². The van der Waals surface area contributed by atoms with Crippen molar-refractivity contribution >= 4 is 0 Å². The Morgan fingerprint density at radius 1 is 1.19 bits per heavy atom. The molecule has 1 aliphatic carbocycles. The van der Waals surface area contributed by atoms with Crippen LogP contribution in [0.25, 0.3) is 0 Å². The molecular formula is C12H19NO3. The summed E-state index contributed by atoms with van der Waals surface area (Å²) >= 11 is 0. The van der Waals surface area contributed by atoms with Crippen molar-refractivity contribution in [2.24, 2.45) is 0 Å². The van der Waals surface area contributed by atoms with Crippen LogP contribution in [0, 0.1) is 0 Å². The fraction of sp³-hybridized carbons (Fsp3) is 0.833. The van der Waals surface area contributed by atoms with Gasteiger partial charge in [-0.1, -0.05) is 12.2 Å². The molecule has 0 unspecified atom stereocenters. The maximum Gasteiger partial charge on any atom is 0.196 e. The second-order valence-electron chi connectivity index (χ2n) is 4.84. The van der Waals surface area contributed by atoms with Crippen LogP contribution in [0.4, 0.5) is 0 Å². The van der Waals surface area contributed by atoms with E-state index in [9.17, 15) is 5.11 Å². The zero-order valence-electron chi connectivity index (χ0n) is 9.47. The summed E-state index contributed by atoms with van der Waals surface area (Å²) in [4.78, 5) is 2.30. The molecule has 0 radical (unpaired) electrons. The summed E-state index contributed by atoms with van der Waals surface area (Å²) in [6.45, 7) is 3.11. The fourth-order valence-electron chi connectivity index (χ4n) is 3.09. The highest BCUT2D eigenvalue weighted by atomic mass is 16.7. The van der Waals surface area contributed by atoms with Crippen molar-refractivity contribution in [1.82, 2.24) is 4.90 Å². The molecule has 1 spiro atoms. The molecule has 1 N–H and O–H groups in total. The van der Waals surface area contributed by atoms with E-state index in [-0.39, 0.29) is 6.04 Å². The number of nitrogens with zero attached hydrogens (tertiary/aromatic N) is 1. The van der Waals surface area contributed by atoms with E-state index in [1.807, 2.05) is 0 Å². The van der Waals surface area contributed by atoms with Crippen LogP contribution in [-0.4, -0.2) is 54.2 Å². The number of ether oxygens (including phenoxy) is 2. The third kappa shape index (κ3) is 1.61. The van der Waals surface area contributed by atoms with E-state index in [0.29, 0.717) is 13.2 Å². The first-order chi connectivity index (χ1) is 7.82. The summed E-state index contributed by atoms with van der Waals surface area (Å²) in [6.07, 6.45) is 6.74. The van der Waals surface area contributed by atoms with Gasteiger partial charge >= 0.3 is 0 Å². The third-order valence-corrected chi connectivity index (χ3v) is 3.93. The van der Waals surface area contributed by atoms with Crippen LogP contribution in [0.3, 0.4) is 0 Å². The minimum absolute atomic E-state index is 0.182. The monoisotopic (exact) mass is 225 g/mol. The second-order valence-corrected chi connectivity index (χ2v) is 4.84. The number of aliphatic hydroxyl groups is 1. The Bertz CT molecular complexity index is 278. The molecule has 90 valence electrons. The van der Waals surface area contributed by atoms with Gasteiger partial charge in [-0.15, -0.1) is 0 Å². The lowest BCUT2D eigenvalue weighted by Crippen LogP contribution is -2.58. The van der Waals surface area contributed by atoms with Gasteiger partial charge in [0.1, 0.15) is 6.10 Å². The van der Waals surface area contributed by atoms with Crippen molar-refractivity contribution in [3.05, 3.63) is 12.2 Å². The second kappa shape index (κ2) is 4.11. The fourth-order valence-corrected chi connectivity index (χ4v) is 3.09. The molecule has 0 amide bonds. The maximum atomic E-state index is 10.5. The van der Waals surface area contributed by atoms with Crippen LogP contribution in [0.15, 0.2) is 12.2 Å². The first kappa shape index (κ1) is 10.7. The summed E-state index contributed by atoms with van der Waals surface area (Å²) in [5, 5.41) is 10.5. The van der Waals surface area contributed by atoms with Gasteiger partial charge in [-0.3, -0.25) is 4.90 Å². The van der Waals surface area contributed by atoms with Crippen LogP contribution in [0.5, 0.6) is 0 Å². The molecule has 1 saturated carbocycles. The Morgan fingerprint density at radius 2 is 1.88 bits per heavy atom. The summed E-state index contributed by atoms with van der Waals surface area (Å²) in [5.41, 5.74) is 0. The van der Waals surface area contributed by atoms with Gasteiger partial charge in [0.15, 0.2) is 5.79 Å². The molecule has 0 aromatic rings. The molecule has 0 bridgehead atoms. The lowest BCUT2D eigenvalue weighted by molar-refractivity contribution is -0.251. The molecular weight excluding hydrogens is 206 g/mol. The van der Waals surface area contributed by atoms with Gasteiger partial charge in [-0.05, 0) is 12.8 Å². The van der Waals surface area contributed by atoms with Crippen LogP contribution in [0.2, 0.25) is 0 Å². The summed E-state index contributed by atoms with van der Waals surface area (Å²) in [6, 6.07) is 0.182. The van der Waals surface area contributed by atoms with E-state index in [1.165, 1.54) is 0 Å². The minimum Gasteiger partial charge on any atom is -0.386 e. The molecule has 0 aromatic heterocycles. The van der Waals surface area contributed by atoms with Crippen molar-refractivity contribution in [2.75, 3.05) is 26.3 Å². The Morgan fingerprint density at radius 3 is 2.56 bits per heavy atom. The van der Waals surface area contributed by atoms with Gasteiger partial charge in [0.2, 0.25) is 0 Å². The lowest BCUT2D eigenvalue weighted by atomic mass is 9.86. The Hall–Kier alpha value is -0.420. The average Bonchev–Trinajstić information content (AvgIpc) is 2.94. The zero-order chi connectivity index (χ0) is 11.0. The highest BCUT2D eigenvalue weighted by Crippen LogP contribution is 2.38. The van der Waals surface area contributed by atoms with Crippen molar-refractivity contribution in [3.8, 4) is 0 Å². The number of aliphatic hydroxyl groups excluding tert-OH is 1. The van der Waals surface area contributed by atoms with Crippen molar-refractivity contribution in [3.63, 3.8) is 0 Å². The largest absolute Gasteiger partial charge is 0.386 e. The molecule has 16 heavy (non-hydrogen) atoms. The third-order valence-electron chi connectivity index (χ3n) is 3.93. The maximum absolute atomic E-state index is 10.5. The Labute approximate surface area is 95.8 Å². The zero-order valence-corrected chi connectivity index (χ0v) is 9.47. The molecule has 2 heterocycles. The predicted octanol–water partition coefficient (Wildman–Crippen LogP) is 0.515. The Kier molecular flexibility index (Phi) is 2.75. The molecule has 4 nitrogen and oxygen atoms in total. The topological polar surface area (TPSA) is 41.9 Å². The van der Waals surface area contributed by atoms with Crippen molar-refractivity contribution in [1.29, 1.82) is 0 Å². The normalized spacial score (nSPS) is 38.6. The molecule has 2 aliphatic heterocycles. The molecule has 3 rings (SSSR count). The number of hydrogen-bond donors (Lipinski definition) is 1. The first-order valence-electron chi connectivity index (χ1n) is 6.17. The van der Waals surface area contributed by atoms with E-state index in [2.05, 4.69) is 17.1 Å². The van der Waals surface area contributed by atoms with Gasteiger partial charge in [0.05, 0.1) is 13.2 Å². The first-order valence-corrected chi connectivity index (χ1v) is 6.17. The Balaban J connectivity index is 1.74. The van der Waals surface area contributed by atoms with Crippen LogP contribution >= 0.6 is 0 Å². The van der Waals surface area contributed by atoms with Crippen LogP contribution in [0.1, 0.15) is 19.3 Å². The lowest BCUT2D eigenvalue weighted by Gasteiger charge is -2.44. The molecule has 0 aromatic carbocycles. The van der Waals surface area contributed by atoms with Crippen molar-refractivity contribution in [2.45, 2.75) is 37.2 Å². The van der Waals surface area contributed by atoms with Gasteiger partial charge in [-0.25, -0.2) is 0 Å². The highest BCUT2D eigenvalue weighted by molar-refractivity contribution is 5.03. The summed E-state index contributed by atoms with van der Waals surface area (Å²) < 4.78 is 11.3. The summed E-state index contributed by atoms with van der Waals surface area (Å²) in [5.74, 6) is -0.703. The summed E-state index contributed by atoms with van der Waals surface area (Å²) in [7, 11) is 0. The van der Waals surface area contributed by atoms with Gasteiger partial charge in [0.25, 0.3) is 0 Å². The molecule has 4 heteroatoms. The van der Waals surface area contributed by atoms with E-state index < -0.39 is 11.9 Å². The minimum atomic E-state index is -0.703.